The van der Waals surface area contributed by atoms with Gasteiger partial charge in [0.1, 0.15) is 8.24 Å². The molecule has 2 unspecified atom stereocenters. The Morgan fingerprint density at radius 2 is 1.00 bits per heavy atom. The molecule has 0 aliphatic carbocycles. The molecule has 0 amide bonds. The molecule has 2 atom stereocenters. The third-order valence-corrected chi connectivity index (χ3v) is 18.7. The number of rotatable bonds is 5. The van der Waals surface area contributed by atoms with Crippen molar-refractivity contribution in [1.29, 1.82) is 0 Å². The number of hydrogen-bond donors (Lipinski definition) is 0. The van der Waals surface area contributed by atoms with Gasteiger partial charge in [-0.05, 0) is 41.3 Å². The Morgan fingerprint density at radius 1 is 0.733 bits per heavy atom. The molecular formula is C9H29N3Si3. The molecule has 0 spiro atoms. The van der Waals surface area contributed by atoms with Gasteiger partial charge < -0.3 is 13.0 Å². The summed E-state index contributed by atoms with van der Waals surface area (Å²) in [4.78, 5) is 0. The number of hydrogen-bond acceptors (Lipinski definition) is 3. The second kappa shape index (κ2) is 5.74. The van der Waals surface area contributed by atoms with Crippen molar-refractivity contribution in [1.82, 2.24) is 13.0 Å². The topological polar surface area (TPSA) is 9.72 Å². The molecule has 0 bridgehead atoms. The molecule has 15 heavy (non-hydrogen) atoms. The maximum absolute atomic E-state index is 2.94. The molecule has 0 aromatic rings. The Balaban J connectivity index is 4.90. The van der Waals surface area contributed by atoms with Crippen LogP contribution in [0.5, 0.6) is 0 Å². The molecule has 0 aliphatic rings. The first-order chi connectivity index (χ1) is 6.59. The Kier molecular flexibility index (Phi) is 5.94. The van der Waals surface area contributed by atoms with E-state index in [2.05, 4.69) is 74.0 Å². The Morgan fingerprint density at radius 3 is 1.13 bits per heavy atom. The quantitative estimate of drug-likeness (QED) is 0.684. The van der Waals surface area contributed by atoms with Gasteiger partial charge in [-0.15, -0.1) is 0 Å². The molecule has 0 rings (SSSR count). The van der Waals surface area contributed by atoms with Gasteiger partial charge in [0.25, 0.3) is 0 Å². The fraction of sp³-hybridized carbons (Fsp3) is 1.00. The lowest BCUT2D eigenvalue weighted by atomic mass is 11.3. The average molecular weight is 264 g/mol. The predicted molar refractivity (Wildman–Crippen MR) is 78.6 cm³/mol. The fourth-order valence-electron chi connectivity index (χ4n) is 1.93. The van der Waals surface area contributed by atoms with Gasteiger partial charge in [-0.2, -0.15) is 0 Å². The van der Waals surface area contributed by atoms with Gasteiger partial charge >= 0.3 is 0 Å². The highest BCUT2D eigenvalue weighted by molar-refractivity contribution is 6.92. The van der Waals surface area contributed by atoms with E-state index >= 15 is 0 Å². The highest BCUT2D eigenvalue weighted by Gasteiger charge is 2.35. The molecule has 0 heterocycles. The predicted octanol–water partition coefficient (Wildman–Crippen LogP) is 0.947. The van der Waals surface area contributed by atoms with Crippen molar-refractivity contribution in [3.05, 3.63) is 0 Å². The van der Waals surface area contributed by atoms with E-state index < -0.39 is 26.5 Å². The standard InChI is InChI=1S/C9H29N3Si3/c1-10(2)13(5)12(15(7,8)9)14(6)11(3)4/h13-14H,1-9H3. The first-order valence-corrected chi connectivity index (χ1v) is 13.5. The zero-order chi connectivity index (χ0) is 12.4. The Labute approximate surface area is 101 Å². The summed E-state index contributed by atoms with van der Waals surface area (Å²) in [5, 5.41) is 0. The highest BCUT2D eigenvalue weighted by atomic mass is 28.4. The van der Waals surface area contributed by atoms with Crippen molar-refractivity contribution in [2.75, 3.05) is 28.2 Å². The smallest absolute Gasteiger partial charge is 0.173 e. The van der Waals surface area contributed by atoms with Gasteiger partial charge in [0.05, 0.1) is 0 Å². The minimum atomic E-state index is -1.16. The van der Waals surface area contributed by atoms with E-state index in [0.29, 0.717) is 0 Å². The first-order valence-electron chi connectivity index (χ1n) is 5.70. The van der Waals surface area contributed by atoms with Crippen LogP contribution in [-0.4, -0.2) is 67.7 Å². The van der Waals surface area contributed by atoms with E-state index in [1.54, 1.807) is 0 Å². The third-order valence-electron chi connectivity index (χ3n) is 3.07. The second-order valence-electron chi connectivity index (χ2n) is 5.77. The molecule has 0 N–H and O–H groups in total. The van der Waals surface area contributed by atoms with E-state index in [9.17, 15) is 0 Å². The van der Waals surface area contributed by atoms with Crippen LogP contribution >= 0.6 is 0 Å². The SMILES string of the molecule is CN(C)[SiH](C)N([SiH](C)N(C)C)[Si](C)(C)C. The van der Waals surface area contributed by atoms with Crippen LogP contribution in [0.25, 0.3) is 0 Å². The average Bonchev–Trinajstić information content (AvgIpc) is 2.01. The molecule has 0 saturated carbocycles. The zero-order valence-corrected chi connectivity index (χ0v) is 15.3. The van der Waals surface area contributed by atoms with Crippen molar-refractivity contribution < 1.29 is 0 Å². The van der Waals surface area contributed by atoms with E-state index in [4.69, 9.17) is 0 Å². The van der Waals surface area contributed by atoms with Crippen LogP contribution in [0.15, 0.2) is 0 Å². The van der Waals surface area contributed by atoms with Gasteiger partial charge in [0.2, 0.25) is 0 Å². The van der Waals surface area contributed by atoms with Crippen LogP contribution in [0.2, 0.25) is 32.7 Å². The molecule has 0 aromatic carbocycles. The molecule has 0 saturated heterocycles. The van der Waals surface area contributed by atoms with Crippen LogP contribution in [0.4, 0.5) is 0 Å². The second-order valence-corrected chi connectivity index (χ2v) is 18.0. The van der Waals surface area contributed by atoms with Crippen LogP contribution in [-0.2, 0) is 0 Å². The van der Waals surface area contributed by atoms with Crippen LogP contribution in [0, 0.1) is 0 Å². The van der Waals surface area contributed by atoms with Crippen LogP contribution < -0.4 is 0 Å². The summed E-state index contributed by atoms with van der Waals surface area (Å²) in [7, 11) is 6.02. The van der Waals surface area contributed by atoms with Crippen molar-refractivity contribution in [3.63, 3.8) is 0 Å². The largest absolute Gasteiger partial charge is 0.349 e. The van der Waals surface area contributed by atoms with Gasteiger partial charge in [-0.25, -0.2) is 0 Å². The van der Waals surface area contributed by atoms with Gasteiger partial charge in [0, 0.05) is 0 Å². The fourth-order valence-corrected chi connectivity index (χ4v) is 17.4. The van der Waals surface area contributed by atoms with Crippen LogP contribution in [0.3, 0.4) is 0 Å². The van der Waals surface area contributed by atoms with Crippen molar-refractivity contribution >= 4 is 26.5 Å². The molecular weight excluding hydrogens is 234 g/mol. The minimum absolute atomic E-state index is 0.881. The lowest BCUT2D eigenvalue weighted by Crippen LogP contribution is -2.67. The van der Waals surface area contributed by atoms with Gasteiger partial charge in [0.15, 0.2) is 18.2 Å². The lowest BCUT2D eigenvalue weighted by molar-refractivity contribution is 0.563. The third kappa shape index (κ3) is 4.49. The molecule has 92 valence electrons. The molecule has 0 aromatic heterocycles. The number of nitrogens with zero attached hydrogens (tertiary/aromatic N) is 3. The van der Waals surface area contributed by atoms with Crippen molar-refractivity contribution in [2.45, 2.75) is 32.7 Å². The first kappa shape index (κ1) is 15.5. The maximum Gasteiger partial charge on any atom is 0.173 e. The van der Waals surface area contributed by atoms with E-state index in [1.165, 1.54) is 0 Å². The van der Waals surface area contributed by atoms with Gasteiger partial charge in [-0.3, -0.25) is 0 Å². The summed E-state index contributed by atoms with van der Waals surface area (Å²) in [5.41, 5.74) is 0. The van der Waals surface area contributed by atoms with E-state index in [0.717, 1.165) is 0 Å². The lowest BCUT2D eigenvalue weighted by Gasteiger charge is -2.46. The summed E-state index contributed by atoms with van der Waals surface area (Å²) >= 11 is 0. The Bertz CT molecular complexity index is 178. The zero-order valence-electron chi connectivity index (χ0n) is 12.0. The van der Waals surface area contributed by atoms with Crippen LogP contribution in [0.1, 0.15) is 0 Å². The van der Waals surface area contributed by atoms with Gasteiger partial charge in [-0.1, -0.05) is 19.6 Å². The molecule has 0 fully saturated rings. The van der Waals surface area contributed by atoms with Crippen molar-refractivity contribution in [2.24, 2.45) is 0 Å². The summed E-state index contributed by atoms with van der Waals surface area (Å²) in [6.45, 7) is 12.4. The molecule has 6 heteroatoms. The van der Waals surface area contributed by atoms with E-state index in [1.807, 2.05) is 0 Å². The molecule has 0 aliphatic heterocycles. The van der Waals surface area contributed by atoms with Crippen molar-refractivity contribution in [3.8, 4) is 0 Å². The summed E-state index contributed by atoms with van der Waals surface area (Å²) in [6.07, 6.45) is 0. The normalized spacial score (nSPS) is 17.6. The summed E-state index contributed by atoms with van der Waals surface area (Å²) < 4.78 is 7.86. The summed E-state index contributed by atoms with van der Waals surface area (Å²) in [6, 6.07) is 0. The molecule has 0 radical (unpaired) electrons. The Hall–Kier alpha value is 0.531. The van der Waals surface area contributed by atoms with E-state index in [-0.39, 0.29) is 0 Å². The minimum Gasteiger partial charge on any atom is -0.349 e. The highest BCUT2D eigenvalue weighted by Crippen LogP contribution is 2.15. The molecule has 3 nitrogen and oxygen atoms in total. The maximum atomic E-state index is 2.94. The monoisotopic (exact) mass is 263 g/mol. The summed E-state index contributed by atoms with van der Waals surface area (Å²) in [5.74, 6) is 0.